The van der Waals surface area contributed by atoms with Crippen LogP contribution in [0.5, 0.6) is 0 Å². The molecule has 1 aromatic rings. The zero-order valence-corrected chi connectivity index (χ0v) is 12.3. The number of nitrogens with two attached hydrogens (primary N) is 1. The van der Waals surface area contributed by atoms with Gasteiger partial charge in [-0.2, -0.15) is 0 Å². The van der Waals surface area contributed by atoms with Crippen LogP contribution in [0.1, 0.15) is 20.3 Å². The van der Waals surface area contributed by atoms with Gasteiger partial charge in [-0.1, -0.05) is 11.6 Å². The molecule has 0 heterocycles. The minimum atomic E-state index is -0.331. The van der Waals surface area contributed by atoms with Gasteiger partial charge in [0.2, 0.25) is 5.91 Å². The highest BCUT2D eigenvalue weighted by Crippen LogP contribution is 2.20. The van der Waals surface area contributed by atoms with E-state index in [-0.39, 0.29) is 11.4 Å². The quantitative estimate of drug-likeness (QED) is 0.791. The summed E-state index contributed by atoms with van der Waals surface area (Å²) in [6.07, 6.45) is 0.483. The van der Waals surface area contributed by atoms with E-state index in [1.165, 1.54) is 0 Å². The van der Waals surface area contributed by atoms with E-state index in [2.05, 4.69) is 5.32 Å². The molecular weight excluding hydrogens is 268 g/mol. The lowest BCUT2D eigenvalue weighted by Gasteiger charge is -2.24. The molecule has 0 spiro atoms. The summed E-state index contributed by atoms with van der Waals surface area (Å²) in [5.74, 6) is 0.778. The highest BCUT2D eigenvalue weighted by Gasteiger charge is 2.17. The first-order valence-electron chi connectivity index (χ1n) is 5.82. The first-order chi connectivity index (χ1) is 8.43. The molecule has 0 atom stereocenters. The number of halogens is 1. The Morgan fingerprint density at radius 1 is 1.39 bits per heavy atom. The third-order valence-corrected chi connectivity index (χ3v) is 3.67. The van der Waals surface area contributed by atoms with Crippen LogP contribution in [0.3, 0.4) is 0 Å². The smallest absolute Gasteiger partial charge is 0.221 e. The summed E-state index contributed by atoms with van der Waals surface area (Å²) < 4.78 is 0. The first-order valence-corrected chi connectivity index (χ1v) is 7.19. The maximum Gasteiger partial charge on any atom is 0.221 e. The number of amides is 1. The van der Waals surface area contributed by atoms with Crippen molar-refractivity contribution in [2.75, 3.05) is 12.3 Å². The Bertz CT molecular complexity index is 392. The minimum Gasteiger partial charge on any atom is -0.350 e. The number of nitrogens with one attached hydrogen (secondary N) is 1. The third-order valence-electron chi connectivity index (χ3n) is 2.40. The number of hydrogen-bond donors (Lipinski definition) is 2. The highest BCUT2D eigenvalue weighted by molar-refractivity contribution is 7.99. The monoisotopic (exact) mass is 286 g/mol. The molecule has 0 aliphatic carbocycles. The number of hydrogen-bond acceptors (Lipinski definition) is 3. The van der Waals surface area contributed by atoms with Crippen LogP contribution in [-0.2, 0) is 4.79 Å². The molecule has 0 fully saturated rings. The fourth-order valence-corrected chi connectivity index (χ4v) is 2.26. The predicted molar refractivity (Wildman–Crippen MR) is 78.1 cm³/mol. The SMILES string of the molecule is CC(C)(CN)NC(=O)CCSc1ccc(Cl)cc1. The van der Waals surface area contributed by atoms with Crippen LogP contribution in [0, 0.1) is 0 Å². The fourth-order valence-electron chi connectivity index (χ4n) is 1.28. The second-order valence-corrected chi connectivity index (χ2v) is 6.29. The van der Waals surface area contributed by atoms with Gasteiger partial charge < -0.3 is 11.1 Å². The molecule has 100 valence electrons. The van der Waals surface area contributed by atoms with Gasteiger partial charge in [0.15, 0.2) is 0 Å². The molecule has 0 saturated carbocycles. The molecule has 0 unspecified atom stereocenters. The van der Waals surface area contributed by atoms with Gasteiger partial charge in [-0.05, 0) is 38.1 Å². The second-order valence-electron chi connectivity index (χ2n) is 4.69. The van der Waals surface area contributed by atoms with Crippen LogP contribution in [0.25, 0.3) is 0 Å². The van der Waals surface area contributed by atoms with Crippen molar-refractivity contribution in [3.05, 3.63) is 29.3 Å². The predicted octanol–water partition coefficient (Wildman–Crippen LogP) is 2.68. The van der Waals surface area contributed by atoms with E-state index in [1.807, 2.05) is 38.1 Å². The van der Waals surface area contributed by atoms with E-state index < -0.39 is 0 Å². The van der Waals surface area contributed by atoms with E-state index in [9.17, 15) is 4.79 Å². The Morgan fingerprint density at radius 2 is 2.00 bits per heavy atom. The number of carbonyl (C=O) groups is 1. The summed E-state index contributed by atoms with van der Waals surface area (Å²) in [7, 11) is 0. The standard InChI is InChI=1S/C13H19ClN2OS/c1-13(2,9-15)16-12(17)7-8-18-11-5-3-10(14)4-6-11/h3-6H,7-9,15H2,1-2H3,(H,16,17). The van der Waals surface area contributed by atoms with Crippen molar-refractivity contribution >= 4 is 29.3 Å². The van der Waals surface area contributed by atoms with Crippen molar-refractivity contribution in [1.82, 2.24) is 5.32 Å². The summed E-state index contributed by atoms with van der Waals surface area (Å²) in [5, 5.41) is 3.63. The fraction of sp³-hybridized carbons (Fsp3) is 0.462. The summed E-state index contributed by atoms with van der Waals surface area (Å²) in [4.78, 5) is 12.8. The van der Waals surface area contributed by atoms with Gasteiger partial charge >= 0.3 is 0 Å². The lowest BCUT2D eigenvalue weighted by Crippen LogP contribution is -2.48. The van der Waals surface area contributed by atoms with Crippen molar-refractivity contribution in [2.24, 2.45) is 5.73 Å². The molecule has 0 bridgehead atoms. The lowest BCUT2D eigenvalue weighted by molar-refractivity contribution is -0.122. The molecule has 0 radical (unpaired) electrons. The zero-order valence-electron chi connectivity index (χ0n) is 10.7. The molecule has 5 heteroatoms. The van der Waals surface area contributed by atoms with E-state index in [0.717, 1.165) is 15.7 Å². The van der Waals surface area contributed by atoms with Crippen molar-refractivity contribution in [3.63, 3.8) is 0 Å². The highest BCUT2D eigenvalue weighted by atomic mass is 35.5. The molecule has 3 nitrogen and oxygen atoms in total. The molecule has 18 heavy (non-hydrogen) atoms. The Kier molecular flexibility index (Phi) is 5.99. The van der Waals surface area contributed by atoms with Crippen LogP contribution >= 0.6 is 23.4 Å². The second kappa shape index (κ2) is 7.02. The van der Waals surface area contributed by atoms with Crippen LogP contribution in [-0.4, -0.2) is 23.7 Å². The normalized spacial score (nSPS) is 11.3. The van der Waals surface area contributed by atoms with Gasteiger partial charge in [0.05, 0.1) is 0 Å². The van der Waals surface area contributed by atoms with Crippen molar-refractivity contribution in [1.29, 1.82) is 0 Å². The van der Waals surface area contributed by atoms with Gasteiger partial charge in [-0.25, -0.2) is 0 Å². The van der Waals surface area contributed by atoms with Crippen LogP contribution in [0.2, 0.25) is 5.02 Å². The Morgan fingerprint density at radius 3 is 2.56 bits per heavy atom. The van der Waals surface area contributed by atoms with Crippen LogP contribution in [0.4, 0.5) is 0 Å². The number of thioether (sulfide) groups is 1. The van der Waals surface area contributed by atoms with E-state index >= 15 is 0 Å². The largest absolute Gasteiger partial charge is 0.350 e. The van der Waals surface area contributed by atoms with Gasteiger partial charge in [0, 0.05) is 34.2 Å². The summed E-state index contributed by atoms with van der Waals surface area (Å²) in [6.45, 7) is 4.26. The third kappa shape index (κ3) is 5.76. The summed E-state index contributed by atoms with van der Waals surface area (Å²) >= 11 is 7.44. The summed E-state index contributed by atoms with van der Waals surface area (Å²) in [6, 6.07) is 7.60. The molecule has 0 aromatic heterocycles. The van der Waals surface area contributed by atoms with Crippen LogP contribution in [0.15, 0.2) is 29.2 Å². The summed E-state index contributed by atoms with van der Waals surface area (Å²) in [5.41, 5.74) is 5.22. The molecule has 1 aromatic carbocycles. The molecular formula is C13H19ClN2OS. The number of carbonyl (C=O) groups excluding carboxylic acids is 1. The molecule has 0 aliphatic rings. The van der Waals surface area contributed by atoms with Gasteiger partial charge in [-0.3, -0.25) is 4.79 Å². The number of rotatable bonds is 6. The van der Waals surface area contributed by atoms with Gasteiger partial charge in [0.1, 0.15) is 0 Å². The molecule has 0 aliphatic heterocycles. The maximum atomic E-state index is 11.7. The van der Waals surface area contributed by atoms with Gasteiger partial charge in [0.25, 0.3) is 0 Å². The maximum absolute atomic E-state index is 11.7. The first kappa shape index (κ1) is 15.3. The van der Waals surface area contributed by atoms with E-state index in [1.54, 1.807) is 11.8 Å². The van der Waals surface area contributed by atoms with Crippen molar-refractivity contribution in [3.8, 4) is 0 Å². The number of benzene rings is 1. The van der Waals surface area contributed by atoms with E-state index in [0.29, 0.717) is 13.0 Å². The van der Waals surface area contributed by atoms with Gasteiger partial charge in [-0.15, -0.1) is 11.8 Å². The Labute approximate surface area is 117 Å². The molecule has 3 N–H and O–H groups in total. The average molecular weight is 287 g/mol. The van der Waals surface area contributed by atoms with Crippen LogP contribution < -0.4 is 11.1 Å². The zero-order chi connectivity index (χ0) is 13.6. The Balaban J connectivity index is 2.29. The topological polar surface area (TPSA) is 55.1 Å². The van der Waals surface area contributed by atoms with Crippen molar-refractivity contribution in [2.45, 2.75) is 30.7 Å². The minimum absolute atomic E-state index is 0.0342. The van der Waals surface area contributed by atoms with E-state index in [4.69, 9.17) is 17.3 Å². The average Bonchev–Trinajstić information content (AvgIpc) is 2.31. The molecule has 1 amide bonds. The molecule has 1 rings (SSSR count). The lowest BCUT2D eigenvalue weighted by atomic mass is 10.1. The van der Waals surface area contributed by atoms with Crippen molar-refractivity contribution < 1.29 is 4.79 Å². The molecule has 0 saturated heterocycles. The Hall–Kier alpha value is -0.710.